The van der Waals surface area contributed by atoms with E-state index in [0.29, 0.717) is 38.8 Å². The summed E-state index contributed by atoms with van der Waals surface area (Å²) in [6.45, 7) is 18.1. The van der Waals surface area contributed by atoms with Gasteiger partial charge in [-0.05, 0) is 68.0 Å². The Morgan fingerprint density at radius 2 is 1.82 bits per heavy atom. The monoisotopic (exact) mass is 527 g/mol. The molecule has 38 heavy (non-hydrogen) atoms. The predicted molar refractivity (Wildman–Crippen MR) is 151 cm³/mol. The van der Waals surface area contributed by atoms with E-state index in [4.69, 9.17) is 14.6 Å². The largest absolute Gasteiger partial charge is 0.493 e. The summed E-state index contributed by atoms with van der Waals surface area (Å²) in [7, 11) is 0. The van der Waals surface area contributed by atoms with Gasteiger partial charge in [0.15, 0.2) is 0 Å². The fraction of sp³-hybridized carbons (Fsp3) is 0.548. The minimum atomic E-state index is -0.226. The molecule has 1 aliphatic rings. The number of aliphatic hydroxyl groups excluding tert-OH is 1. The third-order valence-electron chi connectivity index (χ3n) is 7.12. The van der Waals surface area contributed by atoms with Gasteiger partial charge in [-0.15, -0.1) is 0 Å². The molecule has 2 N–H and O–H groups in total. The summed E-state index contributed by atoms with van der Waals surface area (Å²) in [6, 6.07) is 15.2. The first-order valence-corrected chi connectivity index (χ1v) is 13.8. The second kappa shape index (κ2) is 14.5. The fourth-order valence-electron chi connectivity index (χ4n) is 4.94. The second-order valence-corrected chi connectivity index (χ2v) is 11.2. The Labute approximate surface area is 228 Å². The highest BCUT2D eigenvalue weighted by molar-refractivity contribution is 5.27. The maximum atomic E-state index is 13.6. The van der Waals surface area contributed by atoms with Crippen molar-refractivity contribution in [3.05, 3.63) is 77.9 Å². The molecule has 1 unspecified atom stereocenters. The van der Waals surface area contributed by atoms with Crippen molar-refractivity contribution >= 4 is 0 Å². The lowest BCUT2D eigenvalue weighted by molar-refractivity contribution is -0.00215. The van der Waals surface area contributed by atoms with Crippen molar-refractivity contribution in [3.63, 3.8) is 0 Å². The molecule has 6 nitrogen and oxygen atoms in total. The van der Waals surface area contributed by atoms with Crippen molar-refractivity contribution in [1.82, 2.24) is 15.1 Å². The number of benzene rings is 2. The number of halogens is 1. The van der Waals surface area contributed by atoms with E-state index in [1.54, 1.807) is 0 Å². The summed E-state index contributed by atoms with van der Waals surface area (Å²) in [6.07, 6.45) is 1.96. The van der Waals surface area contributed by atoms with E-state index < -0.39 is 0 Å². The molecule has 2 aromatic rings. The minimum Gasteiger partial charge on any atom is -0.493 e. The molecule has 0 amide bonds. The van der Waals surface area contributed by atoms with Crippen LogP contribution in [0.25, 0.3) is 0 Å². The van der Waals surface area contributed by atoms with Crippen LogP contribution in [-0.2, 0) is 17.8 Å². The van der Waals surface area contributed by atoms with Crippen LogP contribution in [0.1, 0.15) is 51.7 Å². The van der Waals surface area contributed by atoms with E-state index >= 15 is 0 Å². The van der Waals surface area contributed by atoms with Gasteiger partial charge in [-0.2, -0.15) is 0 Å². The molecule has 2 aromatic carbocycles. The molecule has 0 saturated carbocycles. The standard InChI is InChI=1S/C31H46FN3O3/c1-24(2)23-38-30-12-8-26(9-13-30)21-33-25(3)35(22-27-6-10-28(32)11-7-27)29-14-15-34(31(4,5)20-29)16-18-37-19-17-36/h6-13,24,29,33,36H,3,14-23H2,1-2,4-5H3. The molecule has 0 bridgehead atoms. The van der Waals surface area contributed by atoms with Gasteiger partial charge in [0.1, 0.15) is 11.6 Å². The highest BCUT2D eigenvalue weighted by Gasteiger charge is 2.37. The van der Waals surface area contributed by atoms with E-state index in [1.807, 2.05) is 24.3 Å². The molecular weight excluding hydrogens is 481 g/mol. The highest BCUT2D eigenvalue weighted by Crippen LogP contribution is 2.32. The maximum Gasteiger partial charge on any atom is 0.123 e. The first-order valence-electron chi connectivity index (χ1n) is 13.8. The average molecular weight is 528 g/mol. The minimum absolute atomic E-state index is 0.0152. The van der Waals surface area contributed by atoms with Gasteiger partial charge in [-0.1, -0.05) is 44.7 Å². The maximum absolute atomic E-state index is 13.6. The lowest BCUT2D eigenvalue weighted by Crippen LogP contribution is -2.56. The smallest absolute Gasteiger partial charge is 0.123 e. The van der Waals surface area contributed by atoms with Gasteiger partial charge in [0.25, 0.3) is 0 Å². The number of aliphatic hydroxyl groups is 1. The highest BCUT2D eigenvalue weighted by atomic mass is 19.1. The molecule has 1 saturated heterocycles. The molecule has 3 rings (SSSR count). The van der Waals surface area contributed by atoms with Crippen LogP contribution in [0.4, 0.5) is 4.39 Å². The van der Waals surface area contributed by atoms with Crippen molar-refractivity contribution in [2.45, 2.75) is 65.2 Å². The number of hydrogen-bond donors (Lipinski definition) is 2. The van der Waals surface area contributed by atoms with Crippen molar-refractivity contribution < 1.29 is 19.0 Å². The van der Waals surface area contributed by atoms with Crippen LogP contribution in [0.2, 0.25) is 0 Å². The molecule has 210 valence electrons. The number of hydrogen-bond acceptors (Lipinski definition) is 6. The Kier molecular flexibility index (Phi) is 11.4. The van der Waals surface area contributed by atoms with E-state index in [-0.39, 0.29) is 24.0 Å². The molecule has 7 heteroatoms. The molecule has 0 spiro atoms. The van der Waals surface area contributed by atoms with E-state index in [0.717, 1.165) is 48.6 Å². The van der Waals surface area contributed by atoms with Gasteiger partial charge >= 0.3 is 0 Å². The Bertz CT molecular complexity index is 979. The summed E-state index contributed by atoms with van der Waals surface area (Å²) < 4.78 is 24.9. The van der Waals surface area contributed by atoms with Crippen molar-refractivity contribution in [1.29, 1.82) is 0 Å². The van der Waals surface area contributed by atoms with E-state index in [1.165, 1.54) is 12.1 Å². The second-order valence-electron chi connectivity index (χ2n) is 11.2. The van der Waals surface area contributed by atoms with Gasteiger partial charge in [0.2, 0.25) is 0 Å². The summed E-state index contributed by atoms with van der Waals surface area (Å²) >= 11 is 0. The zero-order valence-corrected chi connectivity index (χ0v) is 23.6. The summed E-state index contributed by atoms with van der Waals surface area (Å²) in [5.41, 5.74) is 2.19. The van der Waals surface area contributed by atoms with Crippen molar-refractivity contribution in [2.75, 3.05) is 39.5 Å². The molecule has 0 aromatic heterocycles. The number of ether oxygens (including phenoxy) is 2. The van der Waals surface area contributed by atoms with Crippen LogP contribution in [0.5, 0.6) is 5.75 Å². The molecule has 1 aliphatic heterocycles. The van der Waals surface area contributed by atoms with Gasteiger partial charge in [-0.3, -0.25) is 4.90 Å². The van der Waals surface area contributed by atoms with Crippen LogP contribution < -0.4 is 10.1 Å². The Balaban J connectivity index is 1.65. The van der Waals surface area contributed by atoms with Gasteiger partial charge in [0.05, 0.1) is 32.2 Å². The van der Waals surface area contributed by atoms with Crippen LogP contribution in [0, 0.1) is 11.7 Å². The first kappa shape index (κ1) is 29.9. The SMILES string of the molecule is C=C(NCc1ccc(OCC(C)C)cc1)N(Cc1ccc(F)cc1)C1CCN(CCOCCO)C(C)(C)C1. The fourth-order valence-corrected chi connectivity index (χ4v) is 4.94. The predicted octanol–water partition coefficient (Wildman–Crippen LogP) is 5.18. The van der Waals surface area contributed by atoms with Gasteiger partial charge in [-0.25, -0.2) is 4.39 Å². The van der Waals surface area contributed by atoms with Crippen molar-refractivity contribution in [2.24, 2.45) is 5.92 Å². The number of likely N-dealkylation sites (tertiary alicyclic amines) is 1. The quantitative estimate of drug-likeness (QED) is 0.312. The average Bonchev–Trinajstić information content (AvgIpc) is 2.89. The molecular formula is C31H46FN3O3. The first-order chi connectivity index (χ1) is 18.2. The molecule has 1 fully saturated rings. The number of piperidine rings is 1. The lowest BCUT2D eigenvalue weighted by atomic mass is 9.86. The van der Waals surface area contributed by atoms with Gasteiger partial charge in [0, 0.05) is 37.8 Å². The molecule has 1 heterocycles. The zero-order chi connectivity index (χ0) is 27.5. The molecule has 0 aliphatic carbocycles. The summed E-state index contributed by atoms with van der Waals surface area (Å²) in [5, 5.41) is 12.5. The van der Waals surface area contributed by atoms with Crippen LogP contribution >= 0.6 is 0 Å². The number of nitrogens with one attached hydrogen (secondary N) is 1. The Hall–Kier alpha value is -2.61. The lowest BCUT2D eigenvalue weighted by Gasteiger charge is -2.49. The molecule has 0 radical (unpaired) electrons. The van der Waals surface area contributed by atoms with Crippen LogP contribution in [0.3, 0.4) is 0 Å². The van der Waals surface area contributed by atoms with Crippen LogP contribution in [-0.4, -0.2) is 66.0 Å². The number of rotatable bonds is 15. The van der Waals surface area contributed by atoms with E-state index in [9.17, 15) is 4.39 Å². The third-order valence-corrected chi connectivity index (χ3v) is 7.12. The number of nitrogens with zero attached hydrogens (tertiary/aromatic N) is 2. The molecule has 1 atom stereocenters. The summed E-state index contributed by atoms with van der Waals surface area (Å²) in [4.78, 5) is 4.81. The van der Waals surface area contributed by atoms with Crippen molar-refractivity contribution in [3.8, 4) is 5.75 Å². The van der Waals surface area contributed by atoms with Crippen LogP contribution in [0.15, 0.2) is 60.9 Å². The Morgan fingerprint density at radius 3 is 2.45 bits per heavy atom. The van der Waals surface area contributed by atoms with E-state index in [2.05, 4.69) is 61.5 Å². The normalized spacial score (nSPS) is 17.4. The third kappa shape index (κ3) is 9.29. The zero-order valence-electron chi connectivity index (χ0n) is 23.6. The van der Waals surface area contributed by atoms with Gasteiger partial charge < -0.3 is 24.8 Å². The topological polar surface area (TPSA) is 57.2 Å². The summed E-state index contributed by atoms with van der Waals surface area (Å²) in [5.74, 6) is 2.02. The Morgan fingerprint density at radius 1 is 1.13 bits per heavy atom.